The van der Waals surface area contributed by atoms with E-state index in [-0.39, 0.29) is 12.3 Å². The first-order valence-electron chi connectivity index (χ1n) is 6.52. The minimum atomic E-state index is -0.717. The molecule has 0 radical (unpaired) electrons. The van der Waals surface area contributed by atoms with E-state index in [1.165, 1.54) is 0 Å². The molecule has 4 atom stereocenters. The van der Waals surface area contributed by atoms with Crippen molar-refractivity contribution in [3.05, 3.63) is 12.0 Å². The monoisotopic (exact) mass is 298 g/mol. The maximum absolute atomic E-state index is 10.0. The molecule has 0 saturated carbocycles. The van der Waals surface area contributed by atoms with Gasteiger partial charge in [0, 0.05) is 12.2 Å². The number of thioether (sulfide) groups is 1. The van der Waals surface area contributed by atoms with Crippen LogP contribution >= 0.6 is 11.8 Å². The lowest BCUT2D eigenvalue weighted by Crippen LogP contribution is -2.23. The Morgan fingerprint density at radius 1 is 1.55 bits per heavy atom. The third-order valence-electron chi connectivity index (χ3n) is 3.55. The van der Waals surface area contributed by atoms with E-state index < -0.39 is 12.2 Å². The van der Waals surface area contributed by atoms with Gasteiger partial charge in [0.1, 0.15) is 23.8 Å². The number of ether oxygens (including phenoxy) is 1. The van der Waals surface area contributed by atoms with Gasteiger partial charge >= 0.3 is 0 Å². The van der Waals surface area contributed by atoms with Crippen LogP contribution in [0, 0.1) is 0 Å². The van der Waals surface area contributed by atoms with E-state index in [0.29, 0.717) is 24.5 Å². The summed E-state index contributed by atoms with van der Waals surface area (Å²) in [6.07, 6.45) is 4.06. The van der Waals surface area contributed by atoms with Crippen molar-refractivity contribution in [2.24, 2.45) is 4.99 Å². The zero-order valence-corrected chi connectivity index (χ0v) is 12.0. The summed E-state index contributed by atoms with van der Waals surface area (Å²) in [5.41, 5.74) is 0.564. The van der Waals surface area contributed by atoms with E-state index in [1.54, 1.807) is 24.4 Å². The van der Waals surface area contributed by atoms with Crippen LogP contribution in [0.5, 0.6) is 0 Å². The Hall–Kier alpha value is -1.09. The Morgan fingerprint density at radius 2 is 2.40 bits per heavy atom. The fraction of sp³-hybridized carbons (Fsp3) is 0.667. The van der Waals surface area contributed by atoms with Crippen LogP contribution < -0.4 is 5.32 Å². The van der Waals surface area contributed by atoms with Gasteiger partial charge in [0.15, 0.2) is 0 Å². The molecule has 0 aromatic carbocycles. The summed E-state index contributed by atoms with van der Waals surface area (Å²) >= 11 is 1.65. The number of rotatable bonds is 3. The molecule has 1 saturated heterocycles. The molecule has 0 amide bonds. The fourth-order valence-corrected chi connectivity index (χ4v) is 3.16. The Labute approximate surface area is 121 Å². The molecule has 1 fully saturated rings. The zero-order valence-electron chi connectivity index (χ0n) is 11.1. The third kappa shape index (κ3) is 2.44. The molecule has 3 rings (SSSR count). The Kier molecular flexibility index (Phi) is 3.97. The molecular formula is C12H18N4O3S. The molecule has 110 valence electrons. The fourth-order valence-electron chi connectivity index (χ4n) is 2.53. The third-order valence-corrected chi connectivity index (χ3v) is 4.22. The van der Waals surface area contributed by atoms with Gasteiger partial charge in [-0.15, -0.1) is 0 Å². The Balaban J connectivity index is 1.84. The maximum Gasteiger partial charge on any atom is 0.139 e. The van der Waals surface area contributed by atoms with Crippen LogP contribution in [0.4, 0.5) is 5.82 Å². The number of nitrogens with zero attached hydrogens (tertiary/aromatic N) is 3. The summed E-state index contributed by atoms with van der Waals surface area (Å²) in [6.45, 7) is 0.292. The smallest absolute Gasteiger partial charge is 0.139 e. The second kappa shape index (κ2) is 5.72. The van der Waals surface area contributed by atoms with Gasteiger partial charge in [0.25, 0.3) is 0 Å². The minimum absolute atomic E-state index is 0.169. The highest BCUT2D eigenvalue weighted by Crippen LogP contribution is 2.35. The number of fused-ring (bicyclic) bond motifs is 1. The highest BCUT2D eigenvalue weighted by molar-refractivity contribution is 7.98. The van der Waals surface area contributed by atoms with Crippen LogP contribution in [0.1, 0.15) is 24.4 Å². The van der Waals surface area contributed by atoms with Crippen molar-refractivity contribution in [2.45, 2.75) is 31.0 Å². The lowest BCUT2D eigenvalue weighted by Gasteiger charge is -2.17. The van der Waals surface area contributed by atoms with Crippen LogP contribution in [0.15, 0.2) is 11.3 Å². The highest BCUT2D eigenvalue weighted by atomic mass is 32.2. The second-order valence-corrected chi connectivity index (χ2v) is 5.84. The molecule has 1 aromatic heterocycles. The summed E-state index contributed by atoms with van der Waals surface area (Å²) in [7, 11) is 0. The van der Waals surface area contributed by atoms with Crippen molar-refractivity contribution >= 4 is 23.9 Å². The summed E-state index contributed by atoms with van der Waals surface area (Å²) in [5.74, 6) is 1.44. The van der Waals surface area contributed by atoms with E-state index in [1.807, 2.05) is 10.8 Å². The van der Waals surface area contributed by atoms with Crippen LogP contribution in [-0.2, 0) is 4.74 Å². The molecule has 3 heterocycles. The topological polar surface area (TPSA) is 91.9 Å². The lowest BCUT2D eigenvalue weighted by atomic mass is 10.2. The van der Waals surface area contributed by atoms with Crippen molar-refractivity contribution in [3.8, 4) is 0 Å². The quantitative estimate of drug-likeness (QED) is 0.747. The van der Waals surface area contributed by atoms with Gasteiger partial charge in [-0.1, -0.05) is 0 Å². The number of aliphatic hydroxyl groups is 2. The molecule has 3 N–H and O–H groups in total. The molecule has 7 nitrogen and oxygen atoms in total. The molecular weight excluding hydrogens is 280 g/mol. The zero-order chi connectivity index (χ0) is 14.1. The van der Waals surface area contributed by atoms with Gasteiger partial charge in [-0.25, -0.2) is 4.98 Å². The number of imidazole rings is 1. The number of aromatic nitrogens is 2. The molecule has 2 aliphatic heterocycles. The van der Waals surface area contributed by atoms with Crippen LogP contribution in [0.25, 0.3) is 0 Å². The normalized spacial score (nSPS) is 32.8. The molecule has 0 spiro atoms. The molecule has 0 aliphatic carbocycles. The number of nitrogens with one attached hydrogen (secondary N) is 1. The Bertz CT molecular complexity index is 507. The van der Waals surface area contributed by atoms with E-state index >= 15 is 0 Å². The first-order valence-corrected chi connectivity index (χ1v) is 7.92. The average molecular weight is 298 g/mol. The number of aliphatic hydroxyl groups excluding tert-OH is 2. The maximum atomic E-state index is 10.0. The van der Waals surface area contributed by atoms with Gasteiger partial charge in [-0.05, 0) is 6.26 Å². The summed E-state index contributed by atoms with van der Waals surface area (Å²) < 4.78 is 7.71. The van der Waals surface area contributed by atoms with Gasteiger partial charge < -0.3 is 20.3 Å². The summed E-state index contributed by atoms with van der Waals surface area (Å²) in [4.78, 5) is 8.27. The first-order chi connectivity index (χ1) is 9.70. The predicted molar refractivity (Wildman–Crippen MR) is 77.1 cm³/mol. The van der Waals surface area contributed by atoms with E-state index in [2.05, 4.69) is 15.3 Å². The van der Waals surface area contributed by atoms with E-state index in [0.717, 1.165) is 5.75 Å². The van der Waals surface area contributed by atoms with Gasteiger partial charge in [0.05, 0.1) is 31.4 Å². The number of anilines is 1. The highest BCUT2D eigenvalue weighted by Gasteiger charge is 2.36. The van der Waals surface area contributed by atoms with Crippen molar-refractivity contribution < 1.29 is 14.9 Å². The molecule has 2 aliphatic rings. The van der Waals surface area contributed by atoms with E-state index in [9.17, 15) is 10.2 Å². The molecule has 1 aromatic rings. The van der Waals surface area contributed by atoms with Crippen molar-refractivity contribution in [3.63, 3.8) is 0 Å². The van der Waals surface area contributed by atoms with Crippen molar-refractivity contribution in [1.82, 2.24) is 9.55 Å². The SMILES string of the molecule is CSC[C@H]1O[C@@H](n2cnc3c2NC=NC[C@H]3O)C[C@H]1O. The molecule has 8 heteroatoms. The number of hydrogen-bond acceptors (Lipinski definition) is 7. The van der Waals surface area contributed by atoms with Crippen molar-refractivity contribution in [2.75, 3.05) is 23.9 Å². The van der Waals surface area contributed by atoms with Crippen LogP contribution in [0.3, 0.4) is 0 Å². The second-order valence-electron chi connectivity index (χ2n) is 4.93. The Morgan fingerprint density at radius 3 is 3.20 bits per heavy atom. The number of hydrogen-bond donors (Lipinski definition) is 3. The van der Waals surface area contributed by atoms with E-state index in [4.69, 9.17) is 4.74 Å². The average Bonchev–Trinajstić information content (AvgIpc) is 2.94. The largest absolute Gasteiger partial charge is 0.390 e. The first kappa shape index (κ1) is 13.9. The number of aliphatic imine (C=N–C) groups is 1. The van der Waals surface area contributed by atoms with Gasteiger partial charge in [-0.3, -0.25) is 9.56 Å². The minimum Gasteiger partial charge on any atom is -0.390 e. The molecule has 0 unspecified atom stereocenters. The summed E-state index contributed by atoms with van der Waals surface area (Å²) in [6, 6.07) is 0. The molecule has 0 bridgehead atoms. The predicted octanol–water partition coefficient (Wildman–Crippen LogP) is 0.382. The van der Waals surface area contributed by atoms with Crippen molar-refractivity contribution in [1.29, 1.82) is 0 Å². The lowest BCUT2D eigenvalue weighted by molar-refractivity contribution is -0.00440. The molecule has 20 heavy (non-hydrogen) atoms. The standard InChI is InChI=1S/C12H18N4O3S/c1-20-4-9-7(17)2-10(19-9)16-6-15-11-8(18)3-13-5-14-12(11)16/h5-10,17-18H,2-4H2,1H3,(H,13,14)/t7-,8-,9-,10-/m1/s1. The van der Waals surface area contributed by atoms with Crippen LogP contribution in [-0.4, -0.2) is 56.9 Å². The summed E-state index contributed by atoms with van der Waals surface area (Å²) in [5, 5.41) is 23.0. The van der Waals surface area contributed by atoms with Crippen LogP contribution in [0.2, 0.25) is 0 Å². The van der Waals surface area contributed by atoms with Gasteiger partial charge in [-0.2, -0.15) is 11.8 Å². The van der Waals surface area contributed by atoms with Gasteiger partial charge in [0.2, 0.25) is 0 Å².